The fourth-order valence-electron chi connectivity index (χ4n) is 1.58. The van der Waals surface area contributed by atoms with Gasteiger partial charge in [0, 0.05) is 6.04 Å². The van der Waals surface area contributed by atoms with Crippen molar-refractivity contribution in [2.45, 2.75) is 32.2 Å². The van der Waals surface area contributed by atoms with Crippen molar-refractivity contribution in [3.05, 3.63) is 23.8 Å². The fraction of sp³-hybridized carbons (Fsp3) is 0.462. The van der Waals surface area contributed by atoms with Crippen molar-refractivity contribution >= 4 is 11.6 Å². The lowest BCUT2D eigenvalue weighted by Crippen LogP contribution is -2.26. The Hall–Kier alpha value is -1.71. The molecule has 0 atom stereocenters. The molecule has 1 aliphatic rings. The second kappa shape index (κ2) is 5.08. The summed E-state index contributed by atoms with van der Waals surface area (Å²) in [6.07, 6.45) is 2.60. The minimum atomic E-state index is 0.0539. The number of carbonyl (C=O) groups is 1. The van der Waals surface area contributed by atoms with Crippen molar-refractivity contribution in [3.8, 4) is 5.75 Å². The zero-order chi connectivity index (χ0) is 12.3. The van der Waals surface area contributed by atoms with Crippen LogP contribution in [0.5, 0.6) is 5.75 Å². The number of aryl methyl sites for hydroxylation is 1. The van der Waals surface area contributed by atoms with Crippen LogP contribution in [0, 0.1) is 6.92 Å². The minimum Gasteiger partial charge on any atom is -0.491 e. The number of nitrogen functional groups attached to an aromatic ring is 1. The molecule has 3 N–H and O–H groups in total. The van der Waals surface area contributed by atoms with E-state index in [1.807, 2.05) is 25.1 Å². The number of benzene rings is 1. The first kappa shape index (κ1) is 11.8. The lowest BCUT2D eigenvalue weighted by Gasteiger charge is -2.09. The summed E-state index contributed by atoms with van der Waals surface area (Å²) in [6.45, 7) is 2.34. The SMILES string of the molecule is Cc1ccc(OCCC(=O)NC2CC2)c(N)c1. The van der Waals surface area contributed by atoms with E-state index in [1.165, 1.54) is 0 Å². The van der Waals surface area contributed by atoms with Crippen molar-refractivity contribution in [2.75, 3.05) is 12.3 Å². The van der Waals surface area contributed by atoms with Crippen molar-refractivity contribution in [1.29, 1.82) is 0 Å². The average Bonchev–Trinajstić information content (AvgIpc) is 3.05. The molecule has 1 aromatic carbocycles. The number of ether oxygens (including phenoxy) is 1. The Labute approximate surface area is 101 Å². The van der Waals surface area contributed by atoms with Gasteiger partial charge >= 0.3 is 0 Å². The number of hydrogen-bond acceptors (Lipinski definition) is 3. The van der Waals surface area contributed by atoms with Gasteiger partial charge < -0.3 is 15.8 Å². The highest BCUT2D eigenvalue weighted by molar-refractivity contribution is 5.76. The maximum absolute atomic E-state index is 11.4. The molecule has 0 radical (unpaired) electrons. The molecule has 4 nitrogen and oxygen atoms in total. The molecule has 0 spiro atoms. The van der Waals surface area contributed by atoms with Gasteiger partial charge in [-0.3, -0.25) is 4.79 Å². The van der Waals surface area contributed by atoms with Gasteiger partial charge in [-0.05, 0) is 37.5 Å². The molecule has 1 aliphatic carbocycles. The van der Waals surface area contributed by atoms with E-state index in [4.69, 9.17) is 10.5 Å². The first-order chi connectivity index (χ1) is 8.15. The Balaban J connectivity index is 1.75. The van der Waals surface area contributed by atoms with E-state index in [2.05, 4.69) is 5.32 Å². The van der Waals surface area contributed by atoms with Gasteiger partial charge in [-0.1, -0.05) is 6.07 Å². The largest absolute Gasteiger partial charge is 0.491 e. The van der Waals surface area contributed by atoms with Gasteiger partial charge in [-0.25, -0.2) is 0 Å². The van der Waals surface area contributed by atoms with E-state index in [1.54, 1.807) is 0 Å². The Bertz CT molecular complexity index is 414. The third-order valence-electron chi connectivity index (χ3n) is 2.69. The average molecular weight is 234 g/mol. The van der Waals surface area contributed by atoms with Crippen LogP contribution in [0.1, 0.15) is 24.8 Å². The van der Waals surface area contributed by atoms with Crippen LogP contribution in [0.2, 0.25) is 0 Å². The quantitative estimate of drug-likeness (QED) is 0.761. The van der Waals surface area contributed by atoms with Crippen LogP contribution in [0.3, 0.4) is 0 Å². The van der Waals surface area contributed by atoms with Gasteiger partial charge in [0.2, 0.25) is 5.91 Å². The van der Waals surface area contributed by atoms with Gasteiger partial charge in [0.05, 0.1) is 18.7 Å². The van der Waals surface area contributed by atoms with E-state index in [0.717, 1.165) is 18.4 Å². The Morgan fingerprint density at radius 3 is 2.94 bits per heavy atom. The number of hydrogen-bond donors (Lipinski definition) is 2. The Kier molecular flexibility index (Phi) is 3.52. The lowest BCUT2D eigenvalue weighted by molar-refractivity contribution is -0.121. The summed E-state index contributed by atoms with van der Waals surface area (Å²) < 4.78 is 5.48. The summed E-state index contributed by atoms with van der Waals surface area (Å²) in [4.78, 5) is 11.4. The van der Waals surface area contributed by atoms with Gasteiger partial charge in [0.25, 0.3) is 0 Å². The standard InChI is InChI=1S/C13H18N2O2/c1-9-2-5-12(11(14)8-9)17-7-6-13(16)15-10-3-4-10/h2,5,8,10H,3-4,6-7,14H2,1H3,(H,15,16). The summed E-state index contributed by atoms with van der Waals surface area (Å²) in [6, 6.07) is 6.05. The van der Waals surface area contributed by atoms with Gasteiger partial charge in [0.1, 0.15) is 5.75 Å². The number of amides is 1. The Morgan fingerprint density at radius 1 is 1.53 bits per heavy atom. The van der Waals surface area contributed by atoms with Crippen LogP contribution in [-0.4, -0.2) is 18.6 Å². The first-order valence-electron chi connectivity index (χ1n) is 5.93. The van der Waals surface area contributed by atoms with E-state index in [0.29, 0.717) is 30.5 Å². The molecule has 0 unspecified atom stereocenters. The molecule has 0 heterocycles. The fourth-order valence-corrected chi connectivity index (χ4v) is 1.58. The number of carbonyl (C=O) groups excluding carboxylic acids is 1. The summed E-state index contributed by atoms with van der Waals surface area (Å²) in [5, 5.41) is 2.91. The van der Waals surface area contributed by atoms with Crippen LogP contribution in [-0.2, 0) is 4.79 Å². The molecule has 0 saturated heterocycles. The van der Waals surface area contributed by atoms with E-state index < -0.39 is 0 Å². The second-order valence-corrected chi connectivity index (χ2v) is 4.48. The highest BCUT2D eigenvalue weighted by Crippen LogP contribution is 2.22. The topological polar surface area (TPSA) is 64.3 Å². The van der Waals surface area contributed by atoms with E-state index >= 15 is 0 Å². The molecule has 17 heavy (non-hydrogen) atoms. The second-order valence-electron chi connectivity index (χ2n) is 4.48. The lowest BCUT2D eigenvalue weighted by atomic mass is 10.2. The predicted octanol–water partition coefficient (Wildman–Crippen LogP) is 1.62. The molecule has 0 bridgehead atoms. The van der Waals surface area contributed by atoms with Crippen LogP contribution in [0.25, 0.3) is 0 Å². The molecule has 2 rings (SSSR count). The van der Waals surface area contributed by atoms with Crippen molar-refractivity contribution in [1.82, 2.24) is 5.32 Å². The molecular weight excluding hydrogens is 216 g/mol. The monoisotopic (exact) mass is 234 g/mol. The summed E-state index contributed by atoms with van der Waals surface area (Å²) in [5.41, 5.74) is 7.52. The minimum absolute atomic E-state index is 0.0539. The normalized spacial score (nSPS) is 14.4. The smallest absolute Gasteiger partial charge is 0.223 e. The molecule has 92 valence electrons. The molecule has 0 aliphatic heterocycles. The molecular formula is C13H18N2O2. The van der Waals surface area contributed by atoms with E-state index in [-0.39, 0.29) is 5.91 Å². The summed E-state index contributed by atoms with van der Waals surface area (Å²) >= 11 is 0. The number of nitrogens with one attached hydrogen (secondary N) is 1. The highest BCUT2D eigenvalue weighted by atomic mass is 16.5. The van der Waals surface area contributed by atoms with Gasteiger partial charge in [-0.15, -0.1) is 0 Å². The zero-order valence-corrected chi connectivity index (χ0v) is 10.0. The van der Waals surface area contributed by atoms with Crippen LogP contribution in [0.4, 0.5) is 5.69 Å². The van der Waals surface area contributed by atoms with Crippen molar-refractivity contribution in [3.63, 3.8) is 0 Å². The summed E-state index contributed by atoms with van der Waals surface area (Å²) in [7, 11) is 0. The molecule has 1 fully saturated rings. The maximum atomic E-state index is 11.4. The summed E-state index contributed by atoms with van der Waals surface area (Å²) in [5.74, 6) is 0.702. The van der Waals surface area contributed by atoms with Crippen molar-refractivity contribution < 1.29 is 9.53 Å². The van der Waals surface area contributed by atoms with Crippen LogP contribution in [0.15, 0.2) is 18.2 Å². The third kappa shape index (κ3) is 3.66. The number of anilines is 1. The molecule has 1 saturated carbocycles. The van der Waals surface area contributed by atoms with Gasteiger partial charge in [-0.2, -0.15) is 0 Å². The first-order valence-corrected chi connectivity index (χ1v) is 5.93. The van der Waals surface area contributed by atoms with Gasteiger partial charge in [0.15, 0.2) is 0 Å². The number of nitrogens with two attached hydrogens (primary N) is 1. The molecule has 4 heteroatoms. The van der Waals surface area contributed by atoms with E-state index in [9.17, 15) is 4.79 Å². The predicted molar refractivity (Wildman–Crippen MR) is 66.9 cm³/mol. The molecule has 0 aromatic heterocycles. The third-order valence-corrected chi connectivity index (χ3v) is 2.69. The van der Waals surface area contributed by atoms with Crippen LogP contribution >= 0.6 is 0 Å². The highest BCUT2D eigenvalue weighted by Gasteiger charge is 2.22. The maximum Gasteiger partial charge on any atom is 0.223 e. The molecule has 1 aromatic rings. The van der Waals surface area contributed by atoms with Crippen LogP contribution < -0.4 is 15.8 Å². The number of rotatable bonds is 5. The Morgan fingerprint density at radius 2 is 2.29 bits per heavy atom. The van der Waals surface area contributed by atoms with Crippen molar-refractivity contribution in [2.24, 2.45) is 0 Å². The molecule has 1 amide bonds. The zero-order valence-electron chi connectivity index (χ0n) is 10.0.